The van der Waals surface area contributed by atoms with Crippen LogP contribution in [0.4, 0.5) is 0 Å². The molecule has 0 aliphatic rings. The monoisotopic (exact) mass is 188 g/mol. The first-order valence-corrected chi connectivity index (χ1v) is 4.30. The van der Waals surface area contributed by atoms with Crippen molar-refractivity contribution in [2.75, 3.05) is 6.54 Å². The molecule has 1 unspecified atom stereocenters. The predicted molar refractivity (Wildman–Crippen MR) is 48.1 cm³/mol. The largest absolute Gasteiger partial charge is 0.474 e. The highest BCUT2D eigenvalue weighted by Gasteiger charge is 2.08. The van der Waals surface area contributed by atoms with Crippen LogP contribution in [0.5, 0.6) is 0 Å². The van der Waals surface area contributed by atoms with E-state index < -0.39 is 11.9 Å². The summed E-state index contributed by atoms with van der Waals surface area (Å²) in [4.78, 5) is 20.5. The molecule has 1 amide bonds. The fraction of sp³-hybridized carbons (Fsp3) is 0.750. The van der Waals surface area contributed by atoms with Gasteiger partial charge in [-0.25, -0.2) is 4.79 Å². The van der Waals surface area contributed by atoms with Gasteiger partial charge >= 0.3 is 11.9 Å². The molecule has 5 nitrogen and oxygen atoms in total. The Balaban J connectivity index is 3.26. The lowest BCUT2D eigenvalue weighted by Gasteiger charge is -2.04. The van der Waals surface area contributed by atoms with Crippen LogP contribution >= 0.6 is 0 Å². The van der Waals surface area contributed by atoms with Gasteiger partial charge in [0.1, 0.15) is 0 Å². The van der Waals surface area contributed by atoms with Crippen LogP contribution in [0.3, 0.4) is 0 Å². The first-order chi connectivity index (χ1) is 6.04. The molecule has 0 aromatic carbocycles. The van der Waals surface area contributed by atoms with E-state index in [4.69, 9.17) is 10.8 Å². The van der Waals surface area contributed by atoms with Crippen molar-refractivity contribution in [2.24, 2.45) is 5.73 Å². The van der Waals surface area contributed by atoms with E-state index >= 15 is 0 Å². The molecule has 0 saturated carbocycles. The summed E-state index contributed by atoms with van der Waals surface area (Å²) in [5.41, 5.74) is 5.50. The molecular formula is C8H16N2O3. The summed E-state index contributed by atoms with van der Waals surface area (Å²) in [5, 5.41) is 10.5. The van der Waals surface area contributed by atoms with Crippen molar-refractivity contribution >= 4 is 11.9 Å². The number of carbonyl (C=O) groups excluding carboxylic acids is 1. The molecule has 0 aliphatic heterocycles. The smallest absolute Gasteiger partial charge is 0.394 e. The van der Waals surface area contributed by atoms with E-state index in [9.17, 15) is 9.59 Å². The Morgan fingerprint density at radius 2 is 2.08 bits per heavy atom. The van der Waals surface area contributed by atoms with Gasteiger partial charge in [-0.3, -0.25) is 4.79 Å². The molecule has 5 heteroatoms. The molecule has 0 bridgehead atoms. The van der Waals surface area contributed by atoms with Gasteiger partial charge in [0.2, 0.25) is 0 Å². The first kappa shape index (κ1) is 11.9. The highest BCUT2D eigenvalue weighted by atomic mass is 16.4. The van der Waals surface area contributed by atoms with Gasteiger partial charge in [-0.2, -0.15) is 0 Å². The Hall–Kier alpha value is -1.10. The number of carbonyl (C=O) groups is 2. The van der Waals surface area contributed by atoms with Crippen molar-refractivity contribution < 1.29 is 14.7 Å². The van der Waals surface area contributed by atoms with Crippen molar-refractivity contribution in [2.45, 2.75) is 32.2 Å². The first-order valence-electron chi connectivity index (χ1n) is 4.30. The van der Waals surface area contributed by atoms with E-state index in [2.05, 4.69) is 5.32 Å². The molecule has 4 N–H and O–H groups in total. The van der Waals surface area contributed by atoms with Crippen LogP contribution in [0.2, 0.25) is 0 Å². The Morgan fingerprint density at radius 1 is 1.46 bits per heavy atom. The summed E-state index contributed by atoms with van der Waals surface area (Å²) >= 11 is 0. The van der Waals surface area contributed by atoms with E-state index in [1.54, 1.807) is 0 Å². The lowest BCUT2D eigenvalue weighted by molar-refractivity contribution is -0.150. The molecule has 1 atom stereocenters. The molecule has 0 spiro atoms. The van der Waals surface area contributed by atoms with Crippen molar-refractivity contribution in [1.29, 1.82) is 0 Å². The number of nitrogens with one attached hydrogen (secondary N) is 1. The molecule has 0 fully saturated rings. The highest BCUT2D eigenvalue weighted by Crippen LogP contribution is 1.96. The summed E-state index contributed by atoms with van der Waals surface area (Å²) in [6.07, 6.45) is 2.56. The average molecular weight is 188 g/mol. The van der Waals surface area contributed by atoms with E-state index in [0.29, 0.717) is 6.54 Å². The third-order valence-corrected chi connectivity index (χ3v) is 1.57. The Kier molecular flexibility index (Phi) is 5.88. The van der Waals surface area contributed by atoms with Crippen molar-refractivity contribution in [3.63, 3.8) is 0 Å². The van der Waals surface area contributed by atoms with Crippen LogP contribution in [0.25, 0.3) is 0 Å². The van der Waals surface area contributed by atoms with Gasteiger partial charge in [0.15, 0.2) is 0 Å². The molecular weight excluding hydrogens is 172 g/mol. The van der Waals surface area contributed by atoms with Crippen molar-refractivity contribution in [3.05, 3.63) is 0 Å². The number of carboxylic acid groups (broad SMARTS) is 1. The Labute approximate surface area is 77.3 Å². The standard InChI is InChI=1S/C8H16N2O3/c1-6(9)4-2-3-5-10-7(11)8(12)13/h6H,2-5,9H2,1H3,(H,10,11)(H,12,13). The van der Waals surface area contributed by atoms with Crippen LogP contribution in [-0.2, 0) is 9.59 Å². The number of amides is 1. The van der Waals surface area contributed by atoms with E-state index in [1.807, 2.05) is 6.92 Å². The zero-order chi connectivity index (χ0) is 10.3. The van der Waals surface area contributed by atoms with Crippen LogP contribution in [0.15, 0.2) is 0 Å². The quantitative estimate of drug-likeness (QED) is 0.408. The number of nitrogens with two attached hydrogens (primary N) is 1. The Morgan fingerprint density at radius 3 is 2.54 bits per heavy atom. The number of rotatable bonds is 5. The second-order valence-corrected chi connectivity index (χ2v) is 3.03. The third-order valence-electron chi connectivity index (χ3n) is 1.57. The molecule has 13 heavy (non-hydrogen) atoms. The number of carboxylic acids is 1. The van der Waals surface area contributed by atoms with Crippen LogP contribution in [0, 0.1) is 0 Å². The number of hydrogen-bond acceptors (Lipinski definition) is 3. The predicted octanol–water partition coefficient (Wildman–Crippen LogP) is -0.295. The second kappa shape index (κ2) is 6.42. The molecule has 0 rings (SSSR count). The topological polar surface area (TPSA) is 92.4 Å². The van der Waals surface area contributed by atoms with E-state index in [1.165, 1.54) is 0 Å². The molecule has 0 aromatic rings. The number of unbranched alkanes of at least 4 members (excludes halogenated alkanes) is 1. The fourth-order valence-corrected chi connectivity index (χ4v) is 0.869. The number of aliphatic carboxylic acids is 1. The van der Waals surface area contributed by atoms with E-state index in [-0.39, 0.29) is 6.04 Å². The molecule has 0 aromatic heterocycles. The third kappa shape index (κ3) is 7.27. The van der Waals surface area contributed by atoms with Gasteiger partial charge in [0.05, 0.1) is 0 Å². The summed E-state index contributed by atoms with van der Waals surface area (Å²) in [7, 11) is 0. The molecule has 0 saturated heterocycles. The maximum Gasteiger partial charge on any atom is 0.394 e. The average Bonchev–Trinajstić information content (AvgIpc) is 2.02. The minimum absolute atomic E-state index is 0.162. The maximum absolute atomic E-state index is 10.5. The highest BCUT2D eigenvalue weighted by molar-refractivity contribution is 6.31. The summed E-state index contributed by atoms with van der Waals surface area (Å²) in [6, 6.07) is 0.162. The van der Waals surface area contributed by atoms with E-state index in [0.717, 1.165) is 19.3 Å². The lowest BCUT2D eigenvalue weighted by Crippen LogP contribution is -2.31. The zero-order valence-corrected chi connectivity index (χ0v) is 7.75. The van der Waals surface area contributed by atoms with Gasteiger partial charge in [0, 0.05) is 12.6 Å². The zero-order valence-electron chi connectivity index (χ0n) is 7.75. The van der Waals surface area contributed by atoms with Gasteiger partial charge < -0.3 is 16.2 Å². The van der Waals surface area contributed by atoms with Crippen LogP contribution in [0.1, 0.15) is 26.2 Å². The van der Waals surface area contributed by atoms with Crippen molar-refractivity contribution in [1.82, 2.24) is 5.32 Å². The van der Waals surface area contributed by atoms with Gasteiger partial charge in [-0.15, -0.1) is 0 Å². The Bertz CT molecular complexity index is 180. The minimum Gasteiger partial charge on any atom is -0.474 e. The van der Waals surface area contributed by atoms with Crippen molar-refractivity contribution in [3.8, 4) is 0 Å². The molecule has 76 valence electrons. The summed E-state index contributed by atoms with van der Waals surface area (Å²) in [5.74, 6) is -2.38. The van der Waals surface area contributed by atoms with Gasteiger partial charge in [0.25, 0.3) is 0 Å². The minimum atomic E-state index is -1.44. The normalized spacial score (nSPS) is 12.2. The molecule has 0 heterocycles. The summed E-state index contributed by atoms with van der Waals surface area (Å²) in [6.45, 7) is 2.31. The SMILES string of the molecule is CC(N)CCCCNC(=O)C(=O)O. The number of hydrogen-bond donors (Lipinski definition) is 3. The molecule has 0 radical (unpaired) electrons. The maximum atomic E-state index is 10.5. The second-order valence-electron chi connectivity index (χ2n) is 3.03. The van der Waals surface area contributed by atoms with Gasteiger partial charge in [-0.05, 0) is 19.8 Å². The van der Waals surface area contributed by atoms with Gasteiger partial charge in [-0.1, -0.05) is 6.42 Å². The van der Waals surface area contributed by atoms with Crippen LogP contribution < -0.4 is 11.1 Å². The summed E-state index contributed by atoms with van der Waals surface area (Å²) < 4.78 is 0. The lowest BCUT2D eigenvalue weighted by atomic mass is 10.1. The van der Waals surface area contributed by atoms with Crippen LogP contribution in [-0.4, -0.2) is 29.6 Å². The molecule has 0 aliphatic carbocycles. The fourth-order valence-electron chi connectivity index (χ4n) is 0.869.